The lowest BCUT2D eigenvalue weighted by molar-refractivity contribution is 0.0693. The first kappa shape index (κ1) is 15.0. The molecule has 3 heterocycles. The second kappa shape index (κ2) is 6.04. The topological polar surface area (TPSA) is 88.3 Å². The van der Waals surface area contributed by atoms with Crippen molar-refractivity contribution in [3.8, 4) is 0 Å². The molecule has 0 unspecified atom stereocenters. The fraction of sp³-hybridized carbons (Fsp3) is 0.250. The molecule has 0 spiro atoms. The van der Waals surface area contributed by atoms with Gasteiger partial charge in [0, 0.05) is 32.5 Å². The SMILES string of the molecule is Cn1nccc1C1=CCN(C(=O)c2ccc(C(=O)O)cn2)CC1. The van der Waals surface area contributed by atoms with Crippen molar-refractivity contribution in [1.29, 1.82) is 0 Å². The van der Waals surface area contributed by atoms with Gasteiger partial charge in [0.25, 0.3) is 5.91 Å². The van der Waals surface area contributed by atoms with Crippen LogP contribution in [0.1, 0.15) is 33.0 Å². The number of hydrogen-bond donors (Lipinski definition) is 1. The van der Waals surface area contributed by atoms with Crippen LogP contribution in [0.15, 0.2) is 36.7 Å². The minimum atomic E-state index is -1.06. The van der Waals surface area contributed by atoms with Crippen LogP contribution in [0.4, 0.5) is 0 Å². The molecule has 0 saturated carbocycles. The summed E-state index contributed by atoms with van der Waals surface area (Å²) in [6.07, 6.45) is 5.72. The highest BCUT2D eigenvalue weighted by molar-refractivity contribution is 5.94. The van der Waals surface area contributed by atoms with Crippen molar-refractivity contribution in [1.82, 2.24) is 19.7 Å². The molecule has 1 N–H and O–H groups in total. The van der Waals surface area contributed by atoms with Crippen LogP contribution >= 0.6 is 0 Å². The molecule has 0 aliphatic carbocycles. The fourth-order valence-electron chi connectivity index (χ4n) is 2.58. The lowest BCUT2D eigenvalue weighted by Crippen LogP contribution is -2.35. The molecular weight excluding hydrogens is 296 g/mol. The molecule has 2 aromatic heterocycles. The van der Waals surface area contributed by atoms with Crippen molar-refractivity contribution < 1.29 is 14.7 Å². The lowest BCUT2D eigenvalue weighted by atomic mass is 10.0. The Labute approximate surface area is 132 Å². The van der Waals surface area contributed by atoms with Crippen molar-refractivity contribution in [3.63, 3.8) is 0 Å². The van der Waals surface area contributed by atoms with E-state index in [0.717, 1.165) is 12.1 Å². The smallest absolute Gasteiger partial charge is 0.337 e. The summed E-state index contributed by atoms with van der Waals surface area (Å²) in [7, 11) is 1.89. The normalized spacial score (nSPS) is 14.5. The highest BCUT2D eigenvalue weighted by Crippen LogP contribution is 2.22. The van der Waals surface area contributed by atoms with E-state index < -0.39 is 5.97 Å². The lowest BCUT2D eigenvalue weighted by Gasteiger charge is -2.26. The van der Waals surface area contributed by atoms with Gasteiger partial charge in [0.15, 0.2) is 0 Å². The average Bonchev–Trinajstić information content (AvgIpc) is 3.00. The summed E-state index contributed by atoms with van der Waals surface area (Å²) in [4.78, 5) is 28.9. The molecule has 1 aliphatic rings. The maximum absolute atomic E-state index is 12.4. The van der Waals surface area contributed by atoms with E-state index in [9.17, 15) is 9.59 Å². The van der Waals surface area contributed by atoms with Gasteiger partial charge >= 0.3 is 5.97 Å². The molecule has 1 amide bonds. The highest BCUT2D eigenvalue weighted by Gasteiger charge is 2.21. The Morgan fingerprint density at radius 2 is 2.09 bits per heavy atom. The van der Waals surface area contributed by atoms with E-state index in [1.165, 1.54) is 23.9 Å². The number of carbonyl (C=O) groups excluding carboxylic acids is 1. The van der Waals surface area contributed by atoms with Crippen molar-refractivity contribution in [2.45, 2.75) is 6.42 Å². The molecule has 0 fully saturated rings. The predicted molar refractivity (Wildman–Crippen MR) is 82.9 cm³/mol. The zero-order valence-electron chi connectivity index (χ0n) is 12.6. The number of carboxylic acid groups (broad SMARTS) is 1. The average molecular weight is 312 g/mol. The Morgan fingerprint density at radius 1 is 1.26 bits per heavy atom. The minimum Gasteiger partial charge on any atom is -0.478 e. The standard InChI is InChI=1S/C16H16N4O3/c1-19-14(4-7-18-19)11-5-8-20(9-6-11)15(21)13-3-2-12(10-17-13)16(22)23/h2-5,7,10H,6,8-9H2,1H3,(H,22,23). The van der Waals surface area contributed by atoms with Crippen molar-refractivity contribution >= 4 is 17.4 Å². The summed E-state index contributed by atoms with van der Waals surface area (Å²) in [5.74, 6) is -1.25. The number of nitrogens with zero attached hydrogens (tertiary/aromatic N) is 4. The summed E-state index contributed by atoms with van der Waals surface area (Å²) in [5, 5.41) is 13.0. The number of carbonyl (C=O) groups is 2. The van der Waals surface area contributed by atoms with Gasteiger partial charge in [0.2, 0.25) is 0 Å². The van der Waals surface area contributed by atoms with Gasteiger partial charge in [-0.05, 0) is 30.2 Å². The second-order valence-electron chi connectivity index (χ2n) is 5.31. The minimum absolute atomic E-state index is 0.0681. The van der Waals surface area contributed by atoms with E-state index in [2.05, 4.69) is 10.1 Å². The Kier molecular flexibility index (Phi) is 3.92. The molecule has 0 radical (unpaired) electrons. The van der Waals surface area contributed by atoms with Crippen LogP contribution in [0.3, 0.4) is 0 Å². The van der Waals surface area contributed by atoms with E-state index in [-0.39, 0.29) is 17.2 Å². The van der Waals surface area contributed by atoms with Crippen molar-refractivity contribution in [3.05, 3.63) is 53.6 Å². The maximum atomic E-state index is 12.4. The van der Waals surface area contributed by atoms with Gasteiger partial charge in [-0.25, -0.2) is 4.79 Å². The van der Waals surface area contributed by atoms with Gasteiger partial charge < -0.3 is 10.0 Å². The molecule has 7 heteroatoms. The van der Waals surface area contributed by atoms with Gasteiger partial charge in [0.1, 0.15) is 5.69 Å². The van der Waals surface area contributed by atoms with Gasteiger partial charge in [-0.15, -0.1) is 0 Å². The van der Waals surface area contributed by atoms with Gasteiger partial charge in [-0.2, -0.15) is 5.10 Å². The summed E-state index contributed by atoms with van der Waals surface area (Å²) >= 11 is 0. The molecule has 0 atom stereocenters. The summed E-state index contributed by atoms with van der Waals surface area (Å²) < 4.78 is 1.81. The zero-order chi connectivity index (χ0) is 16.4. The van der Waals surface area contributed by atoms with E-state index >= 15 is 0 Å². The predicted octanol–water partition coefficient (Wildman–Crippen LogP) is 1.44. The largest absolute Gasteiger partial charge is 0.478 e. The van der Waals surface area contributed by atoms with Crippen molar-refractivity contribution in [2.75, 3.05) is 13.1 Å². The number of rotatable bonds is 3. The Morgan fingerprint density at radius 3 is 2.61 bits per heavy atom. The molecular formula is C16H16N4O3. The Hall–Kier alpha value is -2.96. The number of pyridine rings is 1. The third-order valence-electron chi connectivity index (χ3n) is 3.88. The number of carboxylic acids is 1. The van der Waals surface area contributed by atoms with E-state index in [0.29, 0.717) is 13.1 Å². The third kappa shape index (κ3) is 2.98. The van der Waals surface area contributed by atoms with Gasteiger partial charge in [-0.3, -0.25) is 14.5 Å². The van der Waals surface area contributed by atoms with E-state index in [1.807, 2.05) is 23.9 Å². The summed E-state index contributed by atoms with van der Waals surface area (Å²) in [5.41, 5.74) is 2.55. The molecule has 2 aromatic rings. The molecule has 1 aliphatic heterocycles. The summed E-state index contributed by atoms with van der Waals surface area (Å²) in [6.45, 7) is 1.10. The van der Waals surface area contributed by atoms with E-state index in [4.69, 9.17) is 5.11 Å². The number of aromatic carboxylic acids is 1. The summed E-state index contributed by atoms with van der Waals surface area (Å²) in [6, 6.07) is 4.80. The van der Waals surface area contributed by atoms with Crippen LogP contribution in [0.5, 0.6) is 0 Å². The zero-order valence-corrected chi connectivity index (χ0v) is 12.6. The first-order valence-corrected chi connectivity index (χ1v) is 7.22. The molecule has 118 valence electrons. The highest BCUT2D eigenvalue weighted by atomic mass is 16.4. The quantitative estimate of drug-likeness (QED) is 0.926. The van der Waals surface area contributed by atoms with E-state index in [1.54, 1.807) is 11.1 Å². The Bertz CT molecular complexity index is 777. The number of hydrogen-bond acceptors (Lipinski definition) is 4. The monoisotopic (exact) mass is 312 g/mol. The van der Waals surface area contributed by atoms with Crippen LogP contribution in [0.25, 0.3) is 5.57 Å². The molecule has 0 aromatic carbocycles. The van der Waals surface area contributed by atoms with Gasteiger partial charge in [0.05, 0.1) is 11.3 Å². The van der Waals surface area contributed by atoms with Gasteiger partial charge in [-0.1, -0.05) is 6.08 Å². The third-order valence-corrected chi connectivity index (χ3v) is 3.88. The number of aromatic nitrogens is 3. The van der Waals surface area contributed by atoms with Crippen LogP contribution in [0, 0.1) is 0 Å². The number of aryl methyl sites for hydroxylation is 1. The van der Waals surface area contributed by atoms with Crippen LogP contribution < -0.4 is 0 Å². The molecule has 3 rings (SSSR count). The fourth-order valence-corrected chi connectivity index (χ4v) is 2.58. The van der Waals surface area contributed by atoms with Crippen LogP contribution in [0.2, 0.25) is 0 Å². The molecule has 0 bridgehead atoms. The first-order valence-electron chi connectivity index (χ1n) is 7.22. The van der Waals surface area contributed by atoms with Crippen LogP contribution in [-0.4, -0.2) is 49.7 Å². The van der Waals surface area contributed by atoms with Crippen molar-refractivity contribution in [2.24, 2.45) is 7.05 Å². The second-order valence-corrected chi connectivity index (χ2v) is 5.31. The molecule has 23 heavy (non-hydrogen) atoms. The first-order chi connectivity index (χ1) is 11.1. The molecule has 0 saturated heterocycles. The van der Waals surface area contributed by atoms with Crippen LogP contribution in [-0.2, 0) is 7.05 Å². The molecule has 7 nitrogen and oxygen atoms in total. The maximum Gasteiger partial charge on any atom is 0.337 e. The Balaban J connectivity index is 1.71. The number of amides is 1.